The Labute approximate surface area is 132 Å². The van der Waals surface area contributed by atoms with Gasteiger partial charge in [0.15, 0.2) is 0 Å². The number of hydrogen-bond donors (Lipinski definition) is 2. The molecule has 0 aliphatic heterocycles. The van der Waals surface area contributed by atoms with Crippen LogP contribution >= 0.6 is 15.9 Å². The first-order valence-electron chi connectivity index (χ1n) is 7.42. The minimum atomic E-state index is -0.811. The number of nitrogens with one attached hydrogen (secondary N) is 1. The molecule has 0 spiro atoms. The van der Waals surface area contributed by atoms with E-state index in [2.05, 4.69) is 21.2 Å². The Morgan fingerprint density at radius 2 is 2.10 bits per heavy atom. The van der Waals surface area contributed by atoms with E-state index in [0.29, 0.717) is 18.7 Å². The van der Waals surface area contributed by atoms with E-state index in [0.717, 1.165) is 30.2 Å². The topological polar surface area (TPSA) is 71.3 Å². The van der Waals surface area contributed by atoms with Gasteiger partial charge in [0.25, 0.3) is 5.91 Å². The first-order valence-corrected chi connectivity index (χ1v) is 8.21. The molecule has 6 heteroatoms. The van der Waals surface area contributed by atoms with E-state index in [1.165, 1.54) is 0 Å². The number of nitrogens with zero attached hydrogens (tertiary/aromatic N) is 1. The van der Waals surface area contributed by atoms with Crippen molar-refractivity contribution in [2.75, 3.05) is 0 Å². The van der Waals surface area contributed by atoms with Gasteiger partial charge in [-0.15, -0.1) is 0 Å². The van der Waals surface area contributed by atoms with E-state index in [1.807, 2.05) is 17.7 Å². The predicted octanol–water partition coefficient (Wildman–Crippen LogP) is 3.03. The lowest BCUT2D eigenvalue weighted by Crippen LogP contribution is -2.43. The minimum Gasteiger partial charge on any atom is -0.481 e. The van der Waals surface area contributed by atoms with Gasteiger partial charge in [0, 0.05) is 23.3 Å². The van der Waals surface area contributed by atoms with Gasteiger partial charge in [-0.3, -0.25) is 9.59 Å². The van der Waals surface area contributed by atoms with Crippen molar-refractivity contribution in [3.8, 4) is 0 Å². The van der Waals surface area contributed by atoms with Gasteiger partial charge in [0.1, 0.15) is 5.69 Å². The molecule has 116 valence electrons. The van der Waals surface area contributed by atoms with Crippen LogP contribution in [0, 0.1) is 5.92 Å². The fourth-order valence-corrected chi connectivity index (χ4v) is 3.41. The molecule has 0 radical (unpaired) electrons. The number of carboxylic acid groups (broad SMARTS) is 1. The number of carbonyl (C=O) groups is 2. The third-order valence-electron chi connectivity index (χ3n) is 4.09. The van der Waals surface area contributed by atoms with E-state index in [9.17, 15) is 14.7 Å². The van der Waals surface area contributed by atoms with E-state index >= 15 is 0 Å². The van der Waals surface area contributed by atoms with Crippen molar-refractivity contribution in [3.05, 3.63) is 22.4 Å². The fourth-order valence-electron chi connectivity index (χ4n) is 2.95. The van der Waals surface area contributed by atoms with Crippen molar-refractivity contribution in [3.63, 3.8) is 0 Å². The van der Waals surface area contributed by atoms with Crippen LogP contribution in [0.1, 0.15) is 49.5 Å². The molecule has 1 aliphatic carbocycles. The summed E-state index contributed by atoms with van der Waals surface area (Å²) in [6.45, 7) is 2.66. The maximum absolute atomic E-state index is 12.4. The summed E-state index contributed by atoms with van der Waals surface area (Å²) in [6, 6.07) is 1.49. The molecule has 2 N–H and O–H groups in total. The number of amides is 1. The largest absolute Gasteiger partial charge is 0.481 e. The highest BCUT2D eigenvalue weighted by atomic mass is 79.9. The summed E-state index contributed by atoms with van der Waals surface area (Å²) < 4.78 is 2.71. The highest BCUT2D eigenvalue weighted by Crippen LogP contribution is 2.24. The lowest BCUT2D eigenvalue weighted by molar-refractivity contribution is -0.142. The molecule has 1 aromatic heterocycles. The van der Waals surface area contributed by atoms with Crippen molar-refractivity contribution in [2.24, 2.45) is 5.92 Å². The highest BCUT2D eigenvalue weighted by molar-refractivity contribution is 9.10. The van der Waals surface area contributed by atoms with Crippen LogP contribution in [0.5, 0.6) is 0 Å². The Kier molecular flexibility index (Phi) is 5.45. The third kappa shape index (κ3) is 3.87. The van der Waals surface area contributed by atoms with Crippen molar-refractivity contribution in [1.29, 1.82) is 0 Å². The van der Waals surface area contributed by atoms with Crippen LogP contribution in [0.3, 0.4) is 0 Å². The molecular formula is C15H21BrN2O3. The Morgan fingerprint density at radius 1 is 1.38 bits per heavy atom. The second-order valence-electron chi connectivity index (χ2n) is 5.49. The minimum absolute atomic E-state index is 0.194. The Bertz CT molecular complexity index is 527. The lowest BCUT2D eigenvalue weighted by Gasteiger charge is -2.23. The summed E-state index contributed by atoms with van der Waals surface area (Å²) in [4.78, 5) is 23.8. The van der Waals surface area contributed by atoms with Crippen LogP contribution in [0.15, 0.2) is 16.7 Å². The number of halogens is 1. The van der Waals surface area contributed by atoms with Gasteiger partial charge in [0.2, 0.25) is 0 Å². The third-order valence-corrected chi connectivity index (χ3v) is 4.52. The summed E-state index contributed by atoms with van der Waals surface area (Å²) in [7, 11) is 0. The number of aromatic nitrogens is 1. The summed E-state index contributed by atoms with van der Waals surface area (Å²) in [5, 5.41) is 12.3. The van der Waals surface area contributed by atoms with Crippen molar-refractivity contribution >= 4 is 27.8 Å². The molecule has 2 rings (SSSR count). The molecule has 1 aliphatic rings. The standard InChI is InChI=1S/C15H21BrN2O3/c1-2-18-9-10(16)8-13(18)14(19)17-12-7-5-3-4-6-11(12)15(20)21/h8-9,11-12H,2-7H2,1H3,(H,17,19)(H,20,21)/t11-,12+/m1/s1. The lowest BCUT2D eigenvalue weighted by atomic mass is 9.95. The number of rotatable bonds is 4. The Balaban J connectivity index is 2.14. The van der Waals surface area contributed by atoms with Crippen LogP contribution in [-0.4, -0.2) is 27.6 Å². The molecule has 1 amide bonds. The molecule has 0 unspecified atom stereocenters. The summed E-state index contributed by atoms with van der Waals surface area (Å²) in [5.74, 6) is -1.49. The molecule has 2 atom stereocenters. The number of aliphatic carboxylic acids is 1. The van der Waals surface area contributed by atoms with Crippen LogP contribution in [0.25, 0.3) is 0 Å². The van der Waals surface area contributed by atoms with Gasteiger partial charge in [-0.25, -0.2) is 0 Å². The van der Waals surface area contributed by atoms with E-state index in [1.54, 1.807) is 6.07 Å². The molecule has 0 aromatic carbocycles. The van der Waals surface area contributed by atoms with E-state index < -0.39 is 11.9 Å². The monoisotopic (exact) mass is 356 g/mol. The summed E-state index contributed by atoms with van der Waals surface area (Å²) >= 11 is 3.37. The second-order valence-corrected chi connectivity index (χ2v) is 6.41. The average Bonchev–Trinajstić information content (AvgIpc) is 2.67. The van der Waals surface area contributed by atoms with Crippen LogP contribution in [0.2, 0.25) is 0 Å². The van der Waals surface area contributed by atoms with Gasteiger partial charge in [-0.05, 0) is 41.8 Å². The molecule has 5 nitrogen and oxygen atoms in total. The molecule has 1 aromatic rings. The number of aryl methyl sites for hydroxylation is 1. The van der Waals surface area contributed by atoms with Crippen LogP contribution in [0.4, 0.5) is 0 Å². The highest BCUT2D eigenvalue weighted by Gasteiger charge is 2.31. The smallest absolute Gasteiger partial charge is 0.308 e. The molecule has 21 heavy (non-hydrogen) atoms. The van der Waals surface area contributed by atoms with Crippen molar-refractivity contribution < 1.29 is 14.7 Å². The fraction of sp³-hybridized carbons (Fsp3) is 0.600. The van der Waals surface area contributed by atoms with E-state index in [-0.39, 0.29) is 11.9 Å². The summed E-state index contributed by atoms with van der Waals surface area (Å²) in [5.41, 5.74) is 0.567. The first-order chi connectivity index (χ1) is 10.0. The average molecular weight is 357 g/mol. The van der Waals surface area contributed by atoms with Gasteiger partial charge in [-0.2, -0.15) is 0 Å². The molecule has 1 saturated carbocycles. The normalized spacial score (nSPS) is 22.6. The summed E-state index contributed by atoms with van der Waals surface area (Å²) in [6.07, 6.45) is 6.15. The predicted molar refractivity (Wildman–Crippen MR) is 83.3 cm³/mol. The van der Waals surface area contributed by atoms with Crippen molar-refractivity contribution in [2.45, 2.75) is 51.6 Å². The van der Waals surface area contributed by atoms with Gasteiger partial charge in [0.05, 0.1) is 5.92 Å². The van der Waals surface area contributed by atoms with Gasteiger partial charge in [-0.1, -0.05) is 19.3 Å². The maximum atomic E-state index is 12.4. The van der Waals surface area contributed by atoms with Crippen LogP contribution < -0.4 is 5.32 Å². The zero-order valence-electron chi connectivity index (χ0n) is 12.1. The Hall–Kier alpha value is -1.30. The molecule has 0 bridgehead atoms. The second kappa shape index (κ2) is 7.11. The molecule has 1 heterocycles. The zero-order valence-corrected chi connectivity index (χ0v) is 13.7. The van der Waals surface area contributed by atoms with Crippen molar-refractivity contribution in [1.82, 2.24) is 9.88 Å². The van der Waals surface area contributed by atoms with Gasteiger partial charge >= 0.3 is 5.97 Å². The SMILES string of the molecule is CCn1cc(Br)cc1C(=O)N[C@H]1CCCCC[C@H]1C(=O)O. The molecule has 1 fully saturated rings. The Morgan fingerprint density at radius 3 is 2.76 bits per heavy atom. The number of carbonyl (C=O) groups excluding carboxylic acids is 1. The van der Waals surface area contributed by atoms with Gasteiger partial charge < -0.3 is 15.0 Å². The van der Waals surface area contributed by atoms with Crippen LogP contribution in [-0.2, 0) is 11.3 Å². The quantitative estimate of drug-likeness (QED) is 0.814. The number of carboxylic acids is 1. The first kappa shape index (κ1) is 16.1. The number of hydrogen-bond acceptors (Lipinski definition) is 2. The maximum Gasteiger partial charge on any atom is 0.308 e. The molecule has 0 saturated heterocycles. The molecular weight excluding hydrogens is 336 g/mol. The zero-order chi connectivity index (χ0) is 15.4. The van der Waals surface area contributed by atoms with E-state index in [4.69, 9.17) is 0 Å².